The van der Waals surface area contributed by atoms with Gasteiger partial charge in [-0.1, -0.05) is 341 Å². The minimum Gasteiger partial charge on any atom is -0.0654 e. The van der Waals surface area contributed by atoms with E-state index < -0.39 is 0 Å². The Hall–Kier alpha value is -7.28. The summed E-state index contributed by atoms with van der Waals surface area (Å²) in [5, 5.41) is 11.0. The van der Waals surface area contributed by atoms with Gasteiger partial charge in [-0.3, -0.25) is 0 Å². The third-order valence-corrected chi connectivity index (χ3v) is 24.6. The van der Waals surface area contributed by atoms with Crippen LogP contribution in [0, 0.1) is 6.92 Å². The van der Waals surface area contributed by atoms with Gasteiger partial charge in [-0.15, -0.1) is 0 Å². The molecular formula is C96H110. The van der Waals surface area contributed by atoms with Gasteiger partial charge in [0.2, 0.25) is 0 Å². The molecule has 96 heavy (non-hydrogen) atoms. The van der Waals surface area contributed by atoms with Crippen LogP contribution in [0.5, 0.6) is 0 Å². The fraction of sp³-hybridized carbons (Fsp3) is 0.417. The molecule has 0 N–H and O–H groups in total. The number of fused-ring (bicyclic) bond motifs is 11. The Balaban J connectivity index is 0.883. The van der Waals surface area contributed by atoms with Crippen LogP contribution in [0.3, 0.4) is 0 Å². The van der Waals surface area contributed by atoms with Crippen molar-refractivity contribution in [1.82, 2.24) is 0 Å². The summed E-state index contributed by atoms with van der Waals surface area (Å²) in [6.45, 7) is 16.5. The highest BCUT2D eigenvalue weighted by Gasteiger charge is 2.46. The van der Waals surface area contributed by atoms with Crippen LogP contribution in [0.4, 0.5) is 0 Å². The Morgan fingerprint density at radius 1 is 0.208 bits per heavy atom. The van der Waals surface area contributed by atoms with Gasteiger partial charge in [-0.05, 0) is 225 Å². The summed E-state index contributed by atoms with van der Waals surface area (Å²) in [5.74, 6) is 0. The molecule has 0 radical (unpaired) electrons. The summed E-state index contributed by atoms with van der Waals surface area (Å²) < 4.78 is 0. The minimum atomic E-state index is -0.0766. The van der Waals surface area contributed by atoms with Crippen molar-refractivity contribution in [3.05, 3.63) is 215 Å². The molecule has 0 aromatic heterocycles. The van der Waals surface area contributed by atoms with Gasteiger partial charge in [0.1, 0.15) is 0 Å². The highest BCUT2D eigenvalue weighted by molar-refractivity contribution is 6.34. The molecular weight excluding hydrogens is 1150 g/mol. The lowest BCUT2D eigenvalue weighted by atomic mass is 9.69. The standard InChI is InChI=1S/C96H110/c1-8-14-20-28-56-94(57-29-21-15-9-2)86-41-27-26-36-75(86)76-49-43-68(62-87(76)94)69-44-50-77-78-51-45-70(64-89(78)95(88(77)63-69,58-30-22-16-10-3)59-31-23-17-11-4)71-46-52-79-80-53-47-72(66-91(80)96(90(79)65-71,60-32-24-18-12-5)61-33-25-19-13-6)74-54-55-85-84-48-42-67(7)73-37-34-39-82(92(73)84)83-40-35-38-81(74)93(83)85/h26-27,34-55,62-66H,8-25,28-33,56-61H2,1-7H3. The molecule has 0 atom stereocenters. The van der Waals surface area contributed by atoms with Gasteiger partial charge in [-0.25, -0.2) is 0 Å². The highest BCUT2D eigenvalue weighted by Crippen LogP contribution is 2.60. The minimum absolute atomic E-state index is 0.0589. The second-order valence-corrected chi connectivity index (χ2v) is 30.5. The van der Waals surface area contributed by atoms with Crippen molar-refractivity contribution in [2.24, 2.45) is 0 Å². The van der Waals surface area contributed by atoms with Gasteiger partial charge in [0.15, 0.2) is 0 Å². The van der Waals surface area contributed by atoms with Crippen molar-refractivity contribution in [3.8, 4) is 66.8 Å². The summed E-state index contributed by atoms with van der Waals surface area (Å²) >= 11 is 0. The summed E-state index contributed by atoms with van der Waals surface area (Å²) in [4.78, 5) is 0. The van der Waals surface area contributed by atoms with Crippen molar-refractivity contribution in [1.29, 1.82) is 0 Å². The Morgan fingerprint density at radius 2 is 0.490 bits per heavy atom. The smallest absolute Gasteiger partial charge is 0.0215 e. The Morgan fingerprint density at radius 3 is 0.875 bits per heavy atom. The molecule has 11 aromatic rings. The SMILES string of the molecule is CCCCCCC1(CCCCCC)c2ccccc2-c2ccc(-c3ccc4c(c3)C(CCCCCC)(CCCCCC)c3cc(-c5ccc6c(c5)C(CCCCCC)(CCCCCC)c5cc(-c7ccc8c9ccc(C)c%10cccc(c%11cccc7c%118)c%109)ccc5-6)ccc3-4)cc21. The molecule has 0 amide bonds. The number of hydrogen-bond acceptors (Lipinski definition) is 0. The monoisotopic (exact) mass is 1260 g/mol. The lowest BCUT2D eigenvalue weighted by Crippen LogP contribution is -2.26. The zero-order chi connectivity index (χ0) is 65.8. The van der Waals surface area contributed by atoms with E-state index in [1.807, 2.05) is 0 Å². The van der Waals surface area contributed by atoms with Crippen LogP contribution < -0.4 is 0 Å². The molecule has 0 bridgehead atoms. The molecule has 0 nitrogen and oxygen atoms in total. The number of hydrogen-bond donors (Lipinski definition) is 0. The van der Waals surface area contributed by atoms with E-state index in [2.05, 4.69) is 224 Å². The maximum Gasteiger partial charge on any atom is 0.0215 e. The maximum atomic E-state index is 2.75. The fourth-order valence-corrected chi connectivity index (χ4v) is 19.6. The highest BCUT2D eigenvalue weighted by atomic mass is 14.5. The van der Waals surface area contributed by atoms with Gasteiger partial charge >= 0.3 is 0 Å². The molecule has 494 valence electrons. The molecule has 0 aliphatic heterocycles. The molecule has 0 saturated carbocycles. The van der Waals surface area contributed by atoms with Crippen molar-refractivity contribution < 1.29 is 0 Å². The van der Waals surface area contributed by atoms with Crippen LogP contribution in [0.2, 0.25) is 0 Å². The predicted octanol–water partition coefficient (Wildman–Crippen LogP) is 29.7. The van der Waals surface area contributed by atoms with Gasteiger partial charge in [0.05, 0.1) is 0 Å². The average molecular weight is 1260 g/mol. The van der Waals surface area contributed by atoms with Gasteiger partial charge in [0.25, 0.3) is 0 Å². The number of aryl methyl sites for hydroxylation is 1. The largest absolute Gasteiger partial charge is 0.0654 e. The zero-order valence-corrected chi connectivity index (χ0v) is 60.0. The van der Waals surface area contributed by atoms with Crippen LogP contribution in [0.15, 0.2) is 176 Å². The third-order valence-electron chi connectivity index (χ3n) is 24.6. The fourth-order valence-electron chi connectivity index (χ4n) is 19.6. The lowest BCUT2D eigenvalue weighted by Gasteiger charge is -2.34. The van der Waals surface area contributed by atoms with E-state index in [0.717, 1.165) is 0 Å². The van der Waals surface area contributed by atoms with Crippen LogP contribution in [0.25, 0.3) is 110 Å². The van der Waals surface area contributed by atoms with E-state index in [4.69, 9.17) is 0 Å². The molecule has 3 aliphatic carbocycles. The first-order chi connectivity index (χ1) is 47.3. The normalized spacial score (nSPS) is 14.4. The topological polar surface area (TPSA) is 0 Å². The van der Waals surface area contributed by atoms with Crippen LogP contribution in [-0.4, -0.2) is 0 Å². The maximum absolute atomic E-state index is 2.75. The van der Waals surface area contributed by atoms with Crippen molar-refractivity contribution in [3.63, 3.8) is 0 Å². The Labute approximate surface area is 578 Å². The van der Waals surface area contributed by atoms with Crippen molar-refractivity contribution in [2.45, 2.75) is 257 Å². The van der Waals surface area contributed by atoms with Crippen molar-refractivity contribution >= 4 is 43.1 Å². The van der Waals surface area contributed by atoms with E-state index in [-0.39, 0.29) is 16.2 Å². The van der Waals surface area contributed by atoms with Gasteiger partial charge < -0.3 is 0 Å². The second kappa shape index (κ2) is 29.0. The van der Waals surface area contributed by atoms with Crippen LogP contribution in [0.1, 0.15) is 273 Å². The third kappa shape index (κ3) is 11.8. The molecule has 0 fully saturated rings. The first kappa shape index (κ1) is 66.0. The first-order valence-electron chi connectivity index (χ1n) is 39.2. The summed E-state index contributed by atoms with van der Waals surface area (Å²) in [6.07, 6.45) is 38.0. The molecule has 3 aliphatic rings. The quantitative estimate of drug-likeness (QED) is 0.0218. The molecule has 0 spiro atoms. The van der Waals surface area contributed by atoms with Gasteiger partial charge in [0, 0.05) is 16.2 Å². The number of benzene rings is 11. The Kier molecular flexibility index (Phi) is 20.0. The molecule has 0 heteroatoms. The number of unbranched alkanes of at least 4 members (excludes halogenated alkanes) is 18. The predicted molar refractivity (Wildman–Crippen MR) is 420 cm³/mol. The van der Waals surface area contributed by atoms with Crippen LogP contribution in [-0.2, 0) is 16.2 Å². The van der Waals surface area contributed by atoms with Crippen LogP contribution >= 0.6 is 0 Å². The molecule has 0 unspecified atom stereocenters. The average Bonchev–Trinajstić information content (AvgIpc) is 1.19. The first-order valence-corrected chi connectivity index (χ1v) is 39.2. The van der Waals surface area contributed by atoms with E-state index >= 15 is 0 Å². The molecule has 0 saturated heterocycles. The van der Waals surface area contributed by atoms with E-state index in [9.17, 15) is 0 Å². The summed E-state index contributed by atoms with van der Waals surface area (Å²) in [5.41, 5.74) is 27.9. The Bertz CT molecular complexity index is 4480. The van der Waals surface area contributed by atoms with E-state index in [1.54, 1.807) is 33.4 Å². The zero-order valence-electron chi connectivity index (χ0n) is 60.0. The summed E-state index contributed by atoms with van der Waals surface area (Å²) in [6, 6.07) is 72.3. The van der Waals surface area contributed by atoms with Crippen molar-refractivity contribution in [2.75, 3.05) is 0 Å². The summed E-state index contributed by atoms with van der Waals surface area (Å²) in [7, 11) is 0. The van der Waals surface area contributed by atoms with E-state index in [1.165, 1.54) is 308 Å². The van der Waals surface area contributed by atoms with Gasteiger partial charge in [-0.2, -0.15) is 0 Å². The lowest BCUT2D eigenvalue weighted by molar-refractivity contribution is 0.400. The molecule has 0 heterocycles. The molecule has 11 aromatic carbocycles. The second-order valence-electron chi connectivity index (χ2n) is 30.5. The number of rotatable bonds is 33. The molecule has 14 rings (SSSR count). The van der Waals surface area contributed by atoms with E-state index in [0.29, 0.717) is 0 Å².